The zero-order chi connectivity index (χ0) is 13.8. The summed E-state index contributed by atoms with van der Waals surface area (Å²) in [5.74, 6) is -0.770. The van der Waals surface area contributed by atoms with E-state index in [1.807, 2.05) is 0 Å². The summed E-state index contributed by atoms with van der Waals surface area (Å²) in [6.07, 6.45) is 1.50. The molecule has 0 aromatic heterocycles. The number of sulfone groups is 1. The van der Waals surface area contributed by atoms with Gasteiger partial charge in [0.15, 0.2) is 0 Å². The van der Waals surface area contributed by atoms with E-state index in [1.54, 1.807) is 0 Å². The van der Waals surface area contributed by atoms with E-state index in [4.69, 9.17) is 0 Å². The molecule has 18 heavy (non-hydrogen) atoms. The Bertz CT molecular complexity index is 545. The zero-order valence-corrected chi connectivity index (χ0v) is 12.1. The first kappa shape index (κ1) is 15.1. The molecular weight excluding hydrogens is 325 g/mol. The van der Waals surface area contributed by atoms with Crippen molar-refractivity contribution in [3.05, 3.63) is 34.1 Å². The van der Waals surface area contributed by atoms with Gasteiger partial charge in [0.2, 0.25) is 0 Å². The lowest BCUT2D eigenvalue weighted by molar-refractivity contribution is 0.0953. The molecule has 0 aliphatic rings. The smallest absolute Gasteiger partial charge is 0.251 e. The van der Waals surface area contributed by atoms with Crippen LogP contribution < -0.4 is 5.32 Å². The van der Waals surface area contributed by atoms with Crippen LogP contribution in [-0.2, 0) is 9.84 Å². The highest BCUT2D eigenvalue weighted by atomic mass is 79.9. The first-order valence-electron chi connectivity index (χ1n) is 5.20. The van der Waals surface area contributed by atoms with Crippen LogP contribution in [0.4, 0.5) is 4.39 Å². The van der Waals surface area contributed by atoms with Gasteiger partial charge in [0.25, 0.3) is 5.91 Å². The number of halogens is 2. The number of hydrogen-bond acceptors (Lipinski definition) is 3. The number of carbonyl (C=O) groups excluding carboxylic acids is 1. The number of rotatable bonds is 5. The maximum atomic E-state index is 13.0. The van der Waals surface area contributed by atoms with Gasteiger partial charge in [-0.1, -0.05) is 0 Å². The van der Waals surface area contributed by atoms with Gasteiger partial charge < -0.3 is 5.32 Å². The second-order valence-corrected chi connectivity index (χ2v) is 6.98. The Morgan fingerprint density at radius 2 is 2.11 bits per heavy atom. The van der Waals surface area contributed by atoms with Crippen molar-refractivity contribution in [1.29, 1.82) is 0 Å². The third-order valence-corrected chi connectivity index (χ3v) is 3.80. The Kier molecular flexibility index (Phi) is 5.28. The fraction of sp³-hybridized carbons (Fsp3) is 0.364. The maximum absolute atomic E-state index is 13.0. The van der Waals surface area contributed by atoms with Gasteiger partial charge in [0.05, 0.1) is 10.2 Å². The van der Waals surface area contributed by atoms with Gasteiger partial charge in [-0.3, -0.25) is 4.79 Å². The molecule has 100 valence electrons. The predicted molar refractivity (Wildman–Crippen MR) is 70.8 cm³/mol. The van der Waals surface area contributed by atoms with Crippen molar-refractivity contribution in [2.24, 2.45) is 0 Å². The first-order valence-corrected chi connectivity index (χ1v) is 8.06. The number of amides is 1. The summed E-state index contributed by atoms with van der Waals surface area (Å²) < 4.78 is 34.9. The van der Waals surface area contributed by atoms with Gasteiger partial charge in [0, 0.05) is 18.4 Å². The SMILES string of the molecule is CS(=O)(=O)CCCNC(=O)c1ccc(F)c(Br)c1. The summed E-state index contributed by atoms with van der Waals surface area (Å²) in [5, 5.41) is 2.57. The van der Waals surface area contributed by atoms with Crippen LogP contribution in [0.5, 0.6) is 0 Å². The van der Waals surface area contributed by atoms with E-state index in [0.29, 0.717) is 12.0 Å². The van der Waals surface area contributed by atoms with Gasteiger partial charge in [0.1, 0.15) is 15.7 Å². The molecule has 1 amide bonds. The molecular formula is C11H13BrFNO3S. The average molecular weight is 338 g/mol. The van der Waals surface area contributed by atoms with Crippen molar-refractivity contribution < 1.29 is 17.6 Å². The van der Waals surface area contributed by atoms with E-state index in [0.717, 1.165) is 6.26 Å². The van der Waals surface area contributed by atoms with E-state index in [9.17, 15) is 17.6 Å². The van der Waals surface area contributed by atoms with Crippen LogP contribution in [0.15, 0.2) is 22.7 Å². The van der Waals surface area contributed by atoms with Crippen LogP contribution >= 0.6 is 15.9 Å². The van der Waals surface area contributed by atoms with Crippen LogP contribution in [0.2, 0.25) is 0 Å². The molecule has 0 unspecified atom stereocenters. The fourth-order valence-corrected chi connectivity index (χ4v) is 2.32. The molecule has 1 rings (SSSR count). The third kappa shape index (κ3) is 5.14. The van der Waals surface area contributed by atoms with E-state index >= 15 is 0 Å². The molecule has 0 saturated carbocycles. The fourth-order valence-electron chi connectivity index (χ4n) is 1.28. The molecule has 0 bridgehead atoms. The summed E-state index contributed by atoms with van der Waals surface area (Å²) in [4.78, 5) is 11.6. The van der Waals surface area contributed by atoms with Crippen LogP contribution in [0.1, 0.15) is 16.8 Å². The molecule has 0 radical (unpaired) electrons. The second-order valence-electron chi connectivity index (χ2n) is 3.87. The molecule has 0 fully saturated rings. The zero-order valence-electron chi connectivity index (χ0n) is 9.74. The summed E-state index contributed by atoms with van der Waals surface area (Å²) in [5.41, 5.74) is 0.322. The Labute approximate surface area is 114 Å². The monoisotopic (exact) mass is 337 g/mol. The largest absolute Gasteiger partial charge is 0.352 e. The standard InChI is InChI=1S/C11H13BrFNO3S/c1-18(16,17)6-2-5-14-11(15)8-3-4-10(13)9(12)7-8/h3-4,7H,2,5-6H2,1H3,(H,14,15). The second kappa shape index (κ2) is 6.29. The molecule has 1 aromatic rings. The highest BCUT2D eigenvalue weighted by molar-refractivity contribution is 9.10. The molecule has 0 atom stereocenters. The summed E-state index contributed by atoms with van der Waals surface area (Å²) >= 11 is 2.99. The van der Waals surface area contributed by atoms with Crippen LogP contribution in [0, 0.1) is 5.82 Å². The molecule has 4 nitrogen and oxygen atoms in total. The molecule has 7 heteroatoms. The molecule has 0 saturated heterocycles. The number of benzene rings is 1. The summed E-state index contributed by atoms with van der Waals surface area (Å²) in [7, 11) is -3.01. The van der Waals surface area contributed by atoms with Crippen LogP contribution in [0.25, 0.3) is 0 Å². The molecule has 0 aliphatic carbocycles. The minimum atomic E-state index is -3.01. The summed E-state index contributed by atoms with van der Waals surface area (Å²) in [6.45, 7) is 0.265. The van der Waals surface area contributed by atoms with Crippen LogP contribution in [-0.4, -0.2) is 32.9 Å². The topological polar surface area (TPSA) is 63.2 Å². The Morgan fingerprint density at radius 1 is 1.44 bits per heavy atom. The first-order chi connectivity index (χ1) is 8.29. The van der Waals surface area contributed by atoms with Gasteiger partial charge in [-0.25, -0.2) is 12.8 Å². The van der Waals surface area contributed by atoms with Gasteiger partial charge in [-0.15, -0.1) is 0 Å². The molecule has 0 spiro atoms. The Morgan fingerprint density at radius 3 is 2.67 bits per heavy atom. The van der Waals surface area contributed by atoms with Gasteiger partial charge in [-0.2, -0.15) is 0 Å². The predicted octanol–water partition coefficient (Wildman–Crippen LogP) is 1.75. The van der Waals surface area contributed by atoms with Crippen molar-refractivity contribution in [2.45, 2.75) is 6.42 Å². The highest BCUT2D eigenvalue weighted by Crippen LogP contribution is 2.16. The lowest BCUT2D eigenvalue weighted by Crippen LogP contribution is -2.25. The minimum Gasteiger partial charge on any atom is -0.352 e. The maximum Gasteiger partial charge on any atom is 0.251 e. The number of nitrogens with one attached hydrogen (secondary N) is 1. The number of hydrogen-bond donors (Lipinski definition) is 1. The quantitative estimate of drug-likeness (QED) is 0.832. The number of carbonyl (C=O) groups is 1. The molecule has 1 N–H and O–H groups in total. The van der Waals surface area contributed by atoms with E-state index in [2.05, 4.69) is 21.2 Å². The van der Waals surface area contributed by atoms with Crippen molar-refractivity contribution in [3.63, 3.8) is 0 Å². The normalized spacial score (nSPS) is 11.3. The Hall–Kier alpha value is -0.950. The van der Waals surface area contributed by atoms with E-state index < -0.39 is 15.7 Å². The minimum absolute atomic E-state index is 0.0282. The van der Waals surface area contributed by atoms with E-state index in [-0.39, 0.29) is 22.7 Å². The van der Waals surface area contributed by atoms with Crippen molar-refractivity contribution in [1.82, 2.24) is 5.32 Å². The summed E-state index contributed by atoms with van der Waals surface area (Å²) in [6, 6.07) is 3.93. The van der Waals surface area contributed by atoms with Crippen LogP contribution in [0.3, 0.4) is 0 Å². The highest BCUT2D eigenvalue weighted by Gasteiger charge is 2.08. The van der Waals surface area contributed by atoms with E-state index in [1.165, 1.54) is 18.2 Å². The Balaban J connectivity index is 2.48. The third-order valence-electron chi connectivity index (χ3n) is 2.16. The average Bonchev–Trinajstić information content (AvgIpc) is 2.26. The lowest BCUT2D eigenvalue weighted by atomic mass is 10.2. The van der Waals surface area contributed by atoms with Crippen molar-refractivity contribution in [2.75, 3.05) is 18.6 Å². The molecule has 0 aliphatic heterocycles. The molecule has 1 aromatic carbocycles. The van der Waals surface area contributed by atoms with Gasteiger partial charge in [-0.05, 0) is 40.5 Å². The molecule has 0 heterocycles. The lowest BCUT2D eigenvalue weighted by Gasteiger charge is -2.05. The van der Waals surface area contributed by atoms with Crippen molar-refractivity contribution >= 4 is 31.7 Å². The van der Waals surface area contributed by atoms with Crippen molar-refractivity contribution in [3.8, 4) is 0 Å². The van der Waals surface area contributed by atoms with Gasteiger partial charge >= 0.3 is 0 Å².